The Balaban J connectivity index is 1.98. The summed E-state index contributed by atoms with van der Waals surface area (Å²) < 4.78 is 2.25. The summed E-state index contributed by atoms with van der Waals surface area (Å²) in [5.74, 6) is 0. The molecule has 128 valence electrons. The van der Waals surface area contributed by atoms with E-state index in [4.69, 9.17) is 4.99 Å². The number of pyridine rings is 1. The highest BCUT2D eigenvalue weighted by Crippen LogP contribution is 2.28. The SMILES string of the molecule is CN(C)c1ccccc1N=Cc1c2ccccc2[n+](C)c2ccccc12. The number of aliphatic imine (C=N–C) groups is 1. The van der Waals surface area contributed by atoms with Crippen LogP contribution in [0, 0.1) is 0 Å². The Hall–Kier alpha value is -3.20. The highest BCUT2D eigenvalue weighted by Gasteiger charge is 2.16. The molecule has 0 aliphatic carbocycles. The van der Waals surface area contributed by atoms with Crippen LogP contribution in [0.15, 0.2) is 77.8 Å². The van der Waals surface area contributed by atoms with E-state index in [-0.39, 0.29) is 0 Å². The number of aromatic nitrogens is 1. The lowest BCUT2D eigenvalue weighted by Crippen LogP contribution is -2.30. The fraction of sp³-hybridized carbons (Fsp3) is 0.130. The van der Waals surface area contributed by atoms with Crippen molar-refractivity contribution in [2.24, 2.45) is 12.0 Å². The lowest BCUT2D eigenvalue weighted by molar-refractivity contribution is -0.617. The lowest BCUT2D eigenvalue weighted by atomic mass is 10.0. The Kier molecular flexibility index (Phi) is 4.13. The van der Waals surface area contributed by atoms with Gasteiger partial charge >= 0.3 is 0 Å². The Morgan fingerprint density at radius 2 is 1.31 bits per heavy atom. The third-order valence-electron chi connectivity index (χ3n) is 4.81. The summed E-state index contributed by atoms with van der Waals surface area (Å²) >= 11 is 0. The molecule has 0 saturated heterocycles. The van der Waals surface area contributed by atoms with Gasteiger partial charge in [0.1, 0.15) is 7.05 Å². The van der Waals surface area contributed by atoms with Crippen LogP contribution >= 0.6 is 0 Å². The third-order valence-corrected chi connectivity index (χ3v) is 4.81. The normalized spacial score (nSPS) is 11.5. The second kappa shape index (κ2) is 6.60. The first-order valence-electron chi connectivity index (χ1n) is 8.76. The molecule has 1 heterocycles. The van der Waals surface area contributed by atoms with Crippen LogP contribution in [-0.4, -0.2) is 20.3 Å². The summed E-state index contributed by atoms with van der Waals surface area (Å²) in [5.41, 5.74) is 5.64. The molecule has 1 aromatic heterocycles. The molecule has 0 unspecified atom stereocenters. The fourth-order valence-corrected chi connectivity index (χ4v) is 3.49. The van der Waals surface area contributed by atoms with E-state index in [9.17, 15) is 0 Å². The monoisotopic (exact) mass is 340 g/mol. The van der Waals surface area contributed by atoms with Gasteiger partial charge in [0.2, 0.25) is 11.0 Å². The van der Waals surface area contributed by atoms with Crippen molar-refractivity contribution in [3.63, 3.8) is 0 Å². The Labute approximate surface area is 153 Å². The third kappa shape index (κ3) is 2.72. The number of benzene rings is 3. The molecule has 0 spiro atoms. The van der Waals surface area contributed by atoms with E-state index in [0.29, 0.717) is 0 Å². The number of hydrogen-bond acceptors (Lipinski definition) is 2. The highest BCUT2D eigenvalue weighted by atomic mass is 15.1. The van der Waals surface area contributed by atoms with Gasteiger partial charge in [0.05, 0.1) is 22.1 Å². The first-order chi connectivity index (χ1) is 12.7. The number of rotatable bonds is 3. The van der Waals surface area contributed by atoms with Gasteiger partial charge in [0.25, 0.3) is 0 Å². The van der Waals surface area contributed by atoms with Crippen molar-refractivity contribution >= 4 is 39.4 Å². The predicted octanol–water partition coefficient (Wildman–Crippen LogP) is 4.63. The van der Waals surface area contributed by atoms with E-state index in [1.54, 1.807) is 0 Å². The van der Waals surface area contributed by atoms with Crippen molar-refractivity contribution in [1.82, 2.24) is 0 Å². The van der Waals surface area contributed by atoms with Crippen molar-refractivity contribution in [2.45, 2.75) is 0 Å². The minimum absolute atomic E-state index is 0.971. The largest absolute Gasteiger partial charge is 0.376 e. The number of hydrogen-bond donors (Lipinski definition) is 0. The number of nitrogens with zero attached hydrogens (tertiary/aromatic N) is 3. The van der Waals surface area contributed by atoms with Gasteiger partial charge < -0.3 is 4.90 Å². The molecule has 3 nitrogen and oxygen atoms in total. The summed E-state index contributed by atoms with van der Waals surface area (Å²) in [7, 11) is 6.20. The maximum absolute atomic E-state index is 4.85. The van der Waals surface area contributed by atoms with Crippen LogP contribution in [0.3, 0.4) is 0 Å². The van der Waals surface area contributed by atoms with E-state index in [2.05, 4.69) is 77.2 Å². The van der Waals surface area contributed by atoms with Gasteiger partial charge in [-0.05, 0) is 24.3 Å². The standard InChI is InChI=1S/C23H22N3/c1-25(2)23-15-9-6-12-20(23)24-16-19-17-10-4-7-13-21(17)26(3)22-14-8-5-11-18(19)22/h4-16H,1-3H3/q+1. The molecule has 3 heteroatoms. The van der Waals surface area contributed by atoms with Gasteiger partial charge in [-0.25, -0.2) is 0 Å². The van der Waals surface area contributed by atoms with Crippen LogP contribution in [0.4, 0.5) is 11.4 Å². The maximum atomic E-state index is 4.85. The quantitative estimate of drug-likeness (QED) is 0.302. The van der Waals surface area contributed by atoms with Crippen LogP contribution in [0.5, 0.6) is 0 Å². The highest BCUT2D eigenvalue weighted by molar-refractivity contribution is 6.09. The number of fused-ring (bicyclic) bond motifs is 2. The van der Waals surface area contributed by atoms with Crippen molar-refractivity contribution in [3.05, 3.63) is 78.4 Å². The smallest absolute Gasteiger partial charge is 0.213 e. The van der Waals surface area contributed by atoms with Gasteiger partial charge in [-0.2, -0.15) is 4.57 Å². The first kappa shape index (κ1) is 16.3. The predicted molar refractivity (Wildman–Crippen MR) is 111 cm³/mol. The van der Waals surface area contributed by atoms with Crippen molar-refractivity contribution in [2.75, 3.05) is 19.0 Å². The Morgan fingerprint density at radius 1 is 0.769 bits per heavy atom. The van der Waals surface area contributed by atoms with Gasteiger partial charge in [-0.15, -0.1) is 0 Å². The maximum Gasteiger partial charge on any atom is 0.213 e. The molecule has 0 N–H and O–H groups in total. The molecule has 0 radical (unpaired) electrons. The lowest BCUT2D eigenvalue weighted by Gasteiger charge is -2.14. The zero-order chi connectivity index (χ0) is 18.1. The minimum Gasteiger partial charge on any atom is -0.376 e. The van der Waals surface area contributed by atoms with E-state index >= 15 is 0 Å². The van der Waals surface area contributed by atoms with Crippen LogP contribution in [0.2, 0.25) is 0 Å². The first-order valence-corrected chi connectivity index (χ1v) is 8.76. The summed E-state index contributed by atoms with van der Waals surface area (Å²) in [4.78, 5) is 6.94. The van der Waals surface area contributed by atoms with Crippen molar-refractivity contribution < 1.29 is 4.57 Å². The summed E-state index contributed by atoms with van der Waals surface area (Å²) in [5, 5.41) is 2.42. The van der Waals surface area contributed by atoms with E-state index in [0.717, 1.165) is 16.9 Å². The molecule has 4 aromatic rings. The van der Waals surface area contributed by atoms with Gasteiger partial charge in [-0.3, -0.25) is 4.99 Å². The molecule has 4 rings (SSSR count). The van der Waals surface area contributed by atoms with E-state index in [1.165, 1.54) is 21.8 Å². The molecular formula is C23H22N3+. The Morgan fingerprint density at radius 3 is 1.92 bits per heavy atom. The van der Waals surface area contributed by atoms with Crippen LogP contribution in [0.25, 0.3) is 21.8 Å². The topological polar surface area (TPSA) is 19.5 Å². The zero-order valence-electron chi connectivity index (χ0n) is 15.3. The van der Waals surface area contributed by atoms with E-state index < -0.39 is 0 Å². The molecule has 0 aliphatic rings. The molecule has 0 amide bonds. The number of aryl methyl sites for hydroxylation is 1. The molecule has 0 fully saturated rings. The number of anilines is 1. The van der Waals surface area contributed by atoms with Crippen molar-refractivity contribution in [3.8, 4) is 0 Å². The zero-order valence-corrected chi connectivity index (χ0v) is 15.3. The summed E-state index contributed by atoms with van der Waals surface area (Å²) in [6, 6.07) is 25.2. The molecule has 0 saturated carbocycles. The average Bonchev–Trinajstić information content (AvgIpc) is 2.68. The molecule has 26 heavy (non-hydrogen) atoms. The van der Waals surface area contributed by atoms with Crippen LogP contribution in [-0.2, 0) is 7.05 Å². The van der Waals surface area contributed by atoms with Gasteiger partial charge in [0, 0.05) is 38.0 Å². The molecule has 0 bridgehead atoms. The second-order valence-electron chi connectivity index (χ2n) is 6.65. The average molecular weight is 340 g/mol. The second-order valence-corrected chi connectivity index (χ2v) is 6.65. The van der Waals surface area contributed by atoms with E-state index in [1.807, 2.05) is 32.4 Å². The fourth-order valence-electron chi connectivity index (χ4n) is 3.49. The molecule has 0 aliphatic heterocycles. The minimum atomic E-state index is 0.971. The summed E-state index contributed by atoms with van der Waals surface area (Å²) in [6.45, 7) is 0. The van der Waals surface area contributed by atoms with Gasteiger partial charge in [0.15, 0.2) is 0 Å². The van der Waals surface area contributed by atoms with Crippen LogP contribution < -0.4 is 9.47 Å². The number of para-hydroxylation sites is 4. The molecule has 0 atom stereocenters. The molecular weight excluding hydrogens is 318 g/mol. The van der Waals surface area contributed by atoms with Crippen molar-refractivity contribution in [1.29, 1.82) is 0 Å². The summed E-state index contributed by atoms with van der Waals surface area (Å²) in [6.07, 6.45) is 2.01. The Bertz CT molecular complexity index is 1070. The molecule has 3 aromatic carbocycles. The van der Waals surface area contributed by atoms with Crippen LogP contribution in [0.1, 0.15) is 5.56 Å². The van der Waals surface area contributed by atoms with Gasteiger partial charge in [-0.1, -0.05) is 36.4 Å².